The highest BCUT2D eigenvalue weighted by molar-refractivity contribution is 5.85. The van der Waals surface area contributed by atoms with Crippen LogP contribution in [0.4, 0.5) is 0 Å². The van der Waals surface area contributed by atoms with E-state index in [9.17, 15) is 0 Å². The van der Waals surface area contributed by atoms with E-state index in [1.54, 1.807) is 0 Å². The molecule has 1 aromatic rings. The van der Waals surface area contributed by atoms with E-state index in [1.807, 2.05) is 0 Å². The Hall–Kier alpha value is -0.560. The maximum absolute atomic E-state index is 2.27. The molecule has 0 aliphatic carbocycles. The van der Waals surface area contributed by atoms with Crippen molar-refractivity contribution in [3.05, 3.63) is 30.6 Å². The number of aryl methyl sites for hydroxylation is 1. The minimum absolute atomic E-state index is 0. The van der Waals surface area contributed by atoms with Crippen LogP contribution < -0.4 is 4.57 Å². The van der Waals surface area contributed by atoms with Crippen LogP contribution in [-0.2, 0) is 6.54 Å². The smallest absolute Gasteiger partial charge is 0.168 e. The van der Waals surface area contributed by atoms with Crippen molar-refractivity contribution in [2.75, 3.05) is 0 Å². The summed E-state index contributed by atoms with van der Waals surface area (Å²) in [4.78, 5) is 0. The van der Waals surface area contributed by atoms with Crippen molar-refractivity contribution in [3.63, 3.8) is 0 Å². The first-order valence-corrected chi connectivity index (χ1v) is 6.87. The van der Waals surface area contributed by atoms with Crippen molar-refractivity contribution in [2.24, 2.45) is 0 Å². The standard InChI is InChI=1S/C15H26N.ClH/c1-2-3-4-5-6-7-8-10-13-16-14-11-9-12-15-16;/h9,11-12,14-15H,2-8,10,13H2,1H3;1H/q+1;. The third kappa shape index (κ3) is 9.17. The Kier molecular flexibility index (Phi) is 11.5. The fourth-order valence-corrected chi connectivity index (χ4v) is 2.01. The molecule has 1 heterocycles. The van der Waals surface area contributed by atoms with Crippen molar-refractivity contribution >= 4 is 12.4 Å². The normalized spacial score (nSPS) is 9.94. The van der Waals surface area contributed by atoms with Gasteiger partial charge >= 0.3 is 0 Å². The summed E-state index contributed by atoms with van der Waals surface area (Å²) >= 11 is 0. The Bertz CT molecular complexity index is 248. The van der Waals surface area contributed by atoms with Gasteiger partial charge in [0.25, 0.3) is 0 Å². The molecule has 0 aromatic carbocycles. The average Bonchev–Trinajstić information content (AvgIpc) is 2.34. The molecule has 0 saturated heterocycles. The molecule has 17 heavy (non-hydrogen) atoms. The van der Waals surface area contributed by atoms with Gasteiger partial charge in [-0.25, -0.2) is 4.57 Å². The van der Waals surface area contributed by atoms with Crippen LogP contribution in [0.3, 0.4) is 0 Å². The summed E-state index contributed by atoms with van der Waals surface area (Å²) < 4.78 is 2.27. The van der Waals surface area contributed by atoms with E-state index in [-0.39, 0.29) is 12.4 Å². The maximum atomic E-state index is 2.27. The first-order valence-electron chi connectivity index (χ1n) is 6.87. The lowest BCUT2D eigenvalue weighted by molar-refractivity contribution is -0.697. The number of hydrogen-bond acceptors (Lipinski definition) is 0. The number of pyridine rings is 1. The molecule has 0 aliphatic rings. The summed E-state index contributed by atoms with van der Waals surface area (Å²) in [5.41, 5.74) is 0. The zero-order valence-electron chi connectivity index (χ0n) is 11.1. The van der Waals surface area contributed by atoms with Crippen molar-refractivity contribution < 1.29 is 4.57 Å². The molecule has 0 N–H and O–H groups in total. The van der Waals surface area contributed by atoms with E-state index in [0.717, 1.165) is 0 Å². The van der Waals surface area contributed by atoms with Crippen LogP contribution in [-0.4, -0.2) is 0 Å². The molecule has 1 rings (SSSR count). The largest absolute Gasteiger partial charge is 0.205 e. The summed E-state index contributed by atoms with van der Waals surface area (Å²) in [5, 5.41) is 0. The predicted molar refractivity (Wildman–Crippen MR) is 76.5 cm³/mol. The van der Waals surface area contributed by atoms with Gasteiger partial charge in [0.15, 0.2) is 12.4 Å². The van der Waals surface area contributed by atoms with E-state index in [4.69, 9.17) is 0 Å². The van der Waals surface area contributed by atoms with E-state index < -0.39 is 0 Å². The summed E-state index contributed by atoms with van der Waals surface area (Å²) in [7, 11) is 0. The lowest BCUT2D eigenvalue weighted by Crippen LogP contribution is -2.32. The lowest BCUT2D eigenvalue weighted by atomic mass is 10.1. The van der Waals surface area contributed by atoms with Crippen LogP contribution in [0.2, 0.25) is 0 Å². The molecule has 2 heteroatoms. The van der Waals surface area contributed by atoms with Crippen LogP contribution in [0, 0.1) is 0 Å². The van der Waals surface area contributed by atoms with Crippen molar-refractivity contribution in [1.82, 2.24) is 0 Å². The molecule has 0 atom stereocenters. The van der Waals surface area contributed by atoms with Gasteiger partial charge in [0.1, 0.15) is 6.54 Å². The van der Waals surface area contributed by atoms with Gasteiger partial charge < -0.3 is 0 Å². The second-order valence-electron chi connectivity index (χ2n) is 4.59. The van der Waals surface area contributed by atoms with Crippen molar-refractivity contribution in [2.45, 2.75) is 64.8 Å². The SMILES string of the molecule is CCCCCCCCCC[n+]1ccccc1.Cl. The van der Waals surface area contributed by atoms with E-state index in [0.29, 0.717) is 0 Å². The molecule has 1 nitrogen and oxygen atoms in total. The van der Waals surface area contributed by atoms with E-state index in [1.165, 1.54) is 57.9 Å². The molecule has 0 aliphatic heterocycles. The van der Waals surface area contributed by atoms with E-state index >= 15 is 0 Å². The van der Waals surface area contributed by atoms with Gasteiger partial charge in [0, 0.05) is 18.6 Å². The molecule has 0 amide bonds. The second kappa shape index (κ2) is 11.9. The zero-order chi connectivity index (χ0) is 11.5. The van der Waals surface area contributed by atoms with Crippen LogP contribution in [0.15, 0.2) is 30.6 Å². The van der Waals surface area contributed by atoms with Gasteiger partial charge in [-0.2, -0.15) is 0 Å². The Morgan fingerprint density at radius 3 is 1.82 bits per heavy atom. The molecule has 0 radical (unpaired) electrons. The highest BCUT2D eigenvalue weighted by atomic mass is 35.5. The second-order valence-corrected chi connectivity index (χ2v) is 4.59. The molecule has 0 spiro atoms. The van der Waals surface area contributed by atoms with Crippen LogP contribution >= 0.6 is 12.4 Å². The third-order valence-electron chi connectivity index (χ3n) is 3.05. The predicted octanol–water partition coefficient (Wildman–Crippen LogP) is 4.54. The fourth-order valence-electron chi connectivity index (χ4n) is 2.01. The summed E-state index contributed by atoms with van der Waals surface area (Å²) in [6.07, 6.45) is 15.5. The van der Waals surface area contributed by atoms with Gasteiger partial charge in [0.2, 0.25) is 0 Å². The van der Waals surface area contributed by atoms with Gasteiger partial charge in [-0.05, 0) is 6.42 Å². The molecular weight excluding hydrogens is 230 g/mol. The summed E-state index contributed by atoms with van der Waals surface area (Å²) in [6.45, 7) is 3.45. The van der Waals surface area contributed by atoms with Crippen LogP contribution in [0.5, 0.6) is 0 Å². The number of nitrogens with zero attached hydrogens (tertiary/aromatic N) is 1. The average molecular weight is 257 g/mol. The Morgan fingerprint density at radius 2 is 1.24 bits per heavy atom. The van der Waals surface area contributed by atoms with Gasteiger partial charge in [-0.15, -0.1) is 12.4 Å². The number of unbranched alkanes of at least 4 members (excludes halogenated alkanes) is 7. The van der Waals surface area contributed by atoms with Crippen LogP contribution in [0.25, 0.3) is 0 Å². The quantitative estimate of drug-likeness (QED) is 0.451. The minimum Gasteiger partial charge on any atom is -0.205 e. The number of aromatic nitrogens is 1. The Labute approximate surface area is 113 Å². The maximum Gasteiger partial charge on any atom is 0.168 e. The summed E-state index contributed by atoms with van der Waals surface area (Å²) in [6, 6.07) is 6.28. The molecular formula is C15H27ClN+. The lowest BCUT2D eigenvalue weighted by Gasteiger charge is -2.00. The van der Waals surface area contributed by atoms with Crippen LogP contribution in [0.1, 0.15) is 58.3 Å². The minimum atomic E-state index is 0. The van der Waals surface area contributed by atoms with Gasteiger partial charge in [0.05, 0.1) is 0 Å². The highest BCUT2D eigenvalue weighted by Gasteiger charge is 1.97. The molecule has 0 bridgehead atoms. The van der Waals surface area contributed by atoms with Crippen molar-refractivity contribution in [1.29, 1.82) is 0 Å². The number of rotatable bonds is 9. The Morgan fingerprint density at radius 1 is 0.706 bits per heavy atom. The molecule has 0 fully saturated rings. The summed E-state index contributed by atoms with van der Waals surface area (Å²) in [5.74, 6) is 0. The number of hydrogen-bond donors (Lipinski definition) is 0. The monoisotopic (exact) mass is 256 g/mol. The van der Waals surface area contributed by atoms with E-state index in [2.05, 4.69) is 42.1 Å². The highest BCUT2D eigenvalue weighted by Crippen LogP contribution is 2.08. The topological polar surface area (TPSA) is 3.88 Å². The van der Waals surface area contributed by atoms with Crippen molar-refractivity contribution in [3.8, 4) is 0 Å². The first kappa shape index (κ1) is 16.4. The molecule has 0 unspecified atom stereocenters. The molecule has 98 valence electrons. The number of halogens is 1. The molecule has 1 aromatic heterocycles. The first-order chi connectivity index (χ1) is 7.93. The Balaban J connectivity index is 0.00000256. The third-order valence-corrected chi connectivity index (χ3v) is 3.05. The fraction of sp³-hybridized carbons (Fsp3) is 0.667. The molecule has 0 saturated carbocycles. The van der Waals surface area contributed by atoms with Gasteiger partial charge in [-0.3, -0.25) is 0 Å². The zero-order valence-corrected chi connectivity index (χ0v) is 11.9. The van der Waals surface area contributed by atoms with Gasteiger partial charge in [-0.1, -0.05) is 51.5 Å².